The molecule has 8 heteroatoms. The van der Waals surface area contributed by atoms with Gasteiger partial charge in [-0.2, -0.15) is 13.2 Å². The summed E-state index contributed by atoms with van der Waals surface area (Å²) < 4.78 is 48.5. The first kappa shape index (κ1) is 15.1. The second kappa shape index (κ2) is 6.03. The number of halogens is 3. The third-order valence-electron chi connectivity index (χ3n) is 3.01. The number of benzene rings is 1. The standard InChI is InChI=1S/C12H14BF3O4/c14-12(15,16)8-4-5-10(9(7-8)13(17)18)20-11-3-1-2-6-19-11/h4-5,7,11,17-18H,1-3,6H2. The third kappa shape index (κ3) is 3.65. The maximum Gasteiger partial charge on any atom is 0.492 e. The van der Waals surface area contributed by atoms with Crippen LogP contribution in [0.2, 0.25) is 0 Å². The van der Waals surface area contributed by atoms with E-state index >= 15 is 0 Å². The molecule has 4 nitrogen and oxygen atoms in total. The first-order valence-electron chi connectivity index (χ1n) is 6.23. The number of alkyl halides is 3. The largest absolute Gasteiger partial charge is 0.492 e. The van der Waals surface area contributed by atoms with Crippen LogP contribution in [0.1, 0.15) is 24.8 Å². The van der Waals surface area contributed by atoms with Crippen molar-refractivity contribution in [2.24, 2.45) is 0 Å². The van der Waals surface area contributed by atoms with Crippen LogP contribution in [0.25, 0.3) is 0 Å². The number of rotatable bonds is 3. The van der Waals surface area contributed by atoms with E-state index in [-0.39, 0.29) is 11.2 Å². The zero-order valence-electron chi connectivity index (χ0n) is 10.6. The van der Waals surface area contributed by atoms with E-state index in [1.165, 1.54) is 0 Å². The average Bonchev–Trinajstić information content (AvgIpc) is 2.38. The molecule has 1 heterocycles. The fraction of sp³-hybridized carbons (Fsp3) is 0.500. The van der Waals surface area contributed by atoms with Gasteiger partial charge in [-0.15, -0.1) is 0 Å². The molecule has 0 amide bonds. The van der Waals surface area contributed by atoms with Gasteiger partial charge in [-0.3, -0.25) is 0 Å². The fourth-order valence-electron chi connectivity index (χ4n) is 1.98. The molecule has 2 N–H and O–H groups in total. The summed E-state index contributed by atoms with van der Waals surface area (Å²) in [6.07, 6.45) is -2.71. The molecule has 110 valence electrons. The fourth-order valence-corrected chi connectivity index (χ4v) is 1.98. The molecule has 1 unspecified atom stereocenters. The van der Waals surface area contributed by atoms with Crippen molar-refractivity contribution in [1.82, 2.24) is 0 Å². The molecule has 1 aromatic rings. The lowest BCUT2D eigenvalue weighted by Gasteiger charge is -2.25. The van der Waals surface area contributed by atoms with Gasteiger partial charge in [0.25, 0.3) is 0 Å². The highest BCUT2D eigenvalue weighted by Crippen LogP contribution is 2.30. The Morgan fingerprint density at radius 1 is 1.25 bits per heavy atom. The van der Waals surface area contributed by atoms with Gasteiger partial charge in [0.2, 0.25) is 0 Å². The van der Waals surface area contributed by atoms with Crippen LogP contribution < -0.4 is 10.2 Å². The number of hydrogen-bond acceptors (Lipinski definition) is 4. The van der Waals surface area contributed by atoms with E-state index in [9.17, 15) is 23.2 Å². The first-order valence-corrected chi connectivity index (χ1v) is 6.23. The van der Waals surface area contributed by atoms with Crippen LogP contribution in [0, 0.1) is 0 Å². The van der Waals surface area contributed by atoms with Gasteiger partial charge in [0.1, 0.15) is 5.75 Å². The van der Waals surface area contributed by atoms with Gasteiger partial charge in [-0.25, -0.2) is 0 Å². The van der Waals surface area contributed by atoms with Crippen LogP contribution in [0.4, 0.5) is 13.2 Å². The lowest BCUT2D eigenvalue weighted by atomic mass is 9.78. The highest BCUT2D eigenvalue weighted by atomic mass is 19.4. The lowest BCUT2D eigenvalue weighted by Crippen LogP contribution is -2.35. The monoisotopic (exact) mass is 290 g/mol. The zero-order valence-corrected chi connectivity index (χ0v) is 10.6. The predicted octanol–water partition coefficient (Wildman–Crippen LogP) is 1.29. The van der Waals surface area contributed by atoms with Crippen LogP contribution in [0.3, 0.4) is 0 Å². The van der Waals surface area contributed by atoms with Gasteiger partial charge in [0.05, 0.1) is 12.2 Å². The predicted molar refractivity (Wildman–Crippen MR) is 65.5 cm³/mol. The maximum atomic E-state index is 12.6. The minimum absolute atomic E-state index is 0.0140. The summed E-state index contributed by atoms with van der Waals surface area (Å²) in [6.45, 7) is 0.516. The number of hydrogen-bond donors (Lipinski definition) is 2. The van der Waals surface area contributed by atoms with Crippen molar-refractivity contribution in [3.8, 4) is 5.75 Å². The van der Waals surface area contributed by atoms with E-state index in [1.54, 1.807) is 0 Å². The highest BCUT2D eigenvalue weighted by molar-refractivity contribution is 6.59. The molecular weight excluding hydrogens is 276 g/mol. The first-order chi connectivity index (χ1) is 9.38. The quantitative estimate of drug-likeness (QED) is 0.824. The molecule has 1 aliphatic rings. The second-order valence-electron chi connectivity index (χ2n) is 4.54. The molecule has 1 atom stereocenters. The summed E-state index contributed by atoms with van der Waals surface area (Å²) in [6, 6.07) is 2.59. The molecule has 0 radical (unpaired) electrons. The molecular formula is C12H14BF3O4. The summed E-state index contributed by atoms with van der Waals surface area (Å²) >= 11 is 0. The molecule has 20 heavy (non-hydrogen) atoms. The Bertz CT molecular complexity index is 459. The smallest absolute Gasteiger partial charge is 0.465 e. The highest BCUT2D eigenvalue weighted by Gasteiger charge is 2.33. The molecule has 1 aliphatic heterocycles. The van der Waals surface area contributed by atoms with Crippen molar-refractivity contribution in [2.45, 2.75) is 31.7 Å². The Hall–Kier alpha value is -1.25. The van der Waals surface area contributed by atoms with Crippen LogP contribution >= 0.6 is 0 Å². The van der Waals surface area contributed by atoms with Crippen molar-refractivity contribution in [2.75, 3.05) is 6.61 Å². The van der Waals surface area contributed by atoms with Crippen molar-refractivity contribution in [3.05, 3.63) is 23.8 Å². The van der Waals surface area contributed by atoms with Crippen LogP contribution in [0.15, 0.2) is 18.2 Å². The van der Waals surface area contributed by atoms with E-state index in [2.05, 4.69) is 0 Å². The zero-order chi connectivity index (χ0) is 14.8. The van der Waals surface area contributed by atoms with E-state index < -0.39 is 25.1 Å². The van der Waals surface area contributed by atoms with Gasteiger partial charge in [-0.1, -0.05) is 0 Å². The third-order valence-corrected chi connectivity index (χ3v) is 3.01. The molecule has 0 spiro atoms. The normalized spacial score (nSPS) is 19.8. The van der Waals surface area contributed by atoms with Crippen LogP contribution in [0.5, 0.6) is 5.75 Å². The maximum absolute atomic E-state index is 12.6. The summed E-state index contributed by atoms with van der Waals surface area (Å²) in [7, 11) is -2.05. The summed E-state index contributed by atoms with van der Waals surface area (Å²) in [5.74, 6) is -0.0140. The van der Waals surface area contributed by atoms with Gasteiger partial charge in [-0.05, 0) is 31.0 Å². The van der Waals surface area contributed by atoms with Gasteiger partial charge < -0.3 is 19.5 Å². The summed E-state index contributed by atoms with van der Waals surface area (Å²) in [5, 5.41) is 18.4. The minimum atomic E-state index is -4.55. The second-order valence-corrected chi connectivity index (χ2v) is 4.54. The Balaban J connectivity index is 2.23. The molecule has 2 rings (SSSR count). The van der Waals surface area contributed by atoms with Crippen molar-refractivity contribution in [1.29, 1.82) is 0 Å². The molecule has 0 aliphatic carbocycles. The minimum Gasteiger partial charge on any atom is -0.465 e. The topological polar surface area (TPSA) is 58.9 Å². The average molecular weight is 290 g/mol. The molecule has 0 saturated carbocycles. The van der Waals surface area contributed by atoms with Gasteiger partial charge in [0, 0.05) is 11.9 Å². The van der Waals surface area contributed by atoms with Crippen molar-refractivity contribution >= 4 is 12.6 Å². The molecule has 1 aromatic carbocycles. The molecule has 0 bridgehead atoms. The Morgan fingerprint density at radius 3 is 2.55 bits per heavy atom. The summed E-state index contributed by atoms with van der Waals surface area (Å²) in [5.41, 5.74) is -1.29. The van der Waals surface area contributed by atoms with E-state index in [0.717, 1.165) is 25.0 Å². The van der Waals surface area contributed by atoms with E-state index in [4.69, 9.17) is 9.47 Å². The Morgan fingerprint density at radius 2 is 2.00 bits per heavy atom. The van der Waals surface area contributed by atoms with Crippen molar-refractivity contribution < 1.29 is 32.7 Å². The Labute approximate surface area is 114 Å². The Kier molecular flexibility index (Phi) is 4.57. The van der Waals surface area contributed by atoms with Gasteiger partial charge in [0.15, 0.2) is 6.29 Å². The molecule has 0 aromatic heterocycles. The molecule has 1 saturated heterocycles. The lowest BCUT2D eigenvalue weighted by molar-refractivity contribution is -0.137. The van der Waals surface area contributed by atoms with Crippen LogP contribution in [-0.2, 0) is 10.9 Å². The summed E-state index contributed by atoms with van der Waals surface area (Å²) in [4.78, 5) is 0. The van der Waals surface area contributed by atoms with Crippen LogP contribution in [-0.4, -0.2) is 30.1 Å². The van der Waals surface area contributed by atoms with E-state index in [0.29, 0.717) is 19.1 Å². The van der Waals surface area contributed by atoms with E-state index in [1.807, 2.05) is 0 Å². The molecule has 1 fully saturated rings. The number of ether oxygens (including phenoxy) is 2. The SMILES string of the molecule is OB(O)c1cc(C(F)(F)F)ccc1OC1CCCCO1. The van der Waals surface area contributed by atoms with Gasteiger partial charge >= 0.3 is 13.3 Å². The van der Waals surface area contributed by atoms with Crippen molar-refractivity contribution in [3.63, 3.8) is 0 Å².